The number of aliphatic carboxylic acids is 1. The van der Waals surface area contributed by atoms with Crippen molar-refractivity contribution in [3.05, 3.63) is 34.9 Å². The Labute approximate surface area is 122 Å². The summed E-state index contributed by atoms with van der Waals surface area (Å²) >= 11 is 6.01. The van der Waals surface area contributed by atoms with Crippen molar-refractivity contribution in [3.8, 4) is 5.75 Å². The molecular weight excluding hydrogens is 282 g/mol. The second-order valence-electron chi connectivity index (χ2n) is 4.03. The maximum atomic E-state index is 11.7. The van der Waals surface area contributed by atoms with Crippen molar-refractivity contribution < 1.29 is 19.4 Å². The fraction of sp³-hybridized carbons (Fsp3) is 0.286. The van der Waals surface area contributed by atoms with Crippen LogP contribution in [0.1, 0.15) is 12.5 Å². The lowest BCUT2D eigenvalue weighted by Gasteiger charge is -2.16. The van der Waals surface area contributed by atoms with Gasteiger partial charge in [0.25, 0.3) is 5.91 Å². The van der Waals surface area contributed by atoms with Crippen LogP contribution in [0.5, 0.6) is 5.75 Å². The predicted molar refractivity (Wildman–Crippen MR) is 76.9 cm³/mol. The van der Waals surface area contributed by atoms with Gasteiger partial charge in [-0.1, -0.05) is 23.7 Å². The van der Waals surface area contributed by atoms with Gasteiger partial charge in [-0.05, 0) is 19.1 Å². The molecule has 5 nitrogen and oxygen atoms in total. The zero-order chi connectivity index (χ0) is 15.1. The number of carbonyl (C=O) groups excluding carboxylic acids is 1. The molecule has 1 amide bonds. The predicted octanol–water partition coefficient (Wildman–Crippen LogP) is 2.29. The summed E-state index contributed by atoms with van der Waals surface area (Å²) < 4.78 is 5.42. The van der Waals surface area contributed by atoms with Gasteiger partial charge in [-0.3, -0.25) is 4.79 Å². The van der Waals surface area contributed by atoms with Crippen LogP contribution in [-0.2, 0) is 9.59 Å². The molecular formula is C14H16ClNO4. The molecule has 0 heterocycles. The molecule has 0 radical (unpaired) electrons. The van der Waals surface area contributed by atoms with E-state index in [4.69, 9.17) is 21.4 Å². The van der Waals surface area contributed by atoms with Crippen LogP contribution in [-0.4, -0.2) is 42.1 Å². The molecule has 0 aromatic heterocycles. The van der Waals surface area contributed by atoms with Crippen LogP contribution >= 0.6 is 11.6 Å². The van der Waals surface area contributed by atoms with Gasteiger partial charge in [0.2, 0.25) is 0 Å². The number of carboxylic acids is 1. The van der Waals surface area contributed by atoms with Gasteiger partial charge in [-0.25, -0.2) is 4.79 Å². The lowest BCUT2D eigenvalue weighted by atomic mass is 10.2. The normalized spacial score (nSPS) is 10.6. The third-order valence-electron chi connectivity index (χ3n) is 2.64. The molecule has 0 aliphatic carbocycles. The Kier molecular flexibility index (Phi) is 6.06. The van der Waals surface area contributed by atoms with Crippen molar-refractivity contribution in [2.24, 2.45) is 0 Å². The highest BCUT2D eigenvalue weighted by Gasteiger charge is 2.11. The van der Waals surface area contributed by atoms with E-state index in [0.29, 0.717) is 22.9 Å². The Morgan fingerprint density at radius 3 is 2.75 bits per heavy atom. The number of hydrogen-bond acceptors (Lipinski definition) is 3. The second kappa shape index (κ2) is 7.55. The van der Waals surface area contributed by atoms with Gasteiger partial charge in [-0.15, -0.1) is 0 Å². The molecule has 0 aliphatic heterocycles. The minimum absolute atomic E-state index is 0.151. The summed E-state index contributed by atoms with van der Waals surface area (Å²) in [4.78, 5) is 23.7. The van der Waals surface area contributed by atoms with E-state index in [2.05, 4.69) is 0 Å². The number of likely N-dealkylation sites (N-methyl/N-ethyl adjacent to an activating group) is 1. The number of rotatable bonds is 6. The van der Waals surface area contributed by atoms with E-state index in [0.717, 1.165) is 6.08 Å². The molecule has 0 spiro atoms. The summed E-state index contributed by atoms with van der Waals surface area (Å²) in [6, 6.07) is 4.95. The van der Waals surface area contributed by atoms with Crippen molar-refractivity contribution in [3.63, 3.8) is 0 Å². The van der Waals surface area contributed by atoms with Gasteiger partial charge in [0.05, 0.1) is 5.02 Å². The van der Waals surface area contributed by atoms with Gasteiger partial charge in [-0.2, -0.15) is 0 Å². The van der Waals surface area contributed by atoms with Crippen molar-refractivity contribution >= 4 is 29.6 Å². The first-order chi connectivity index (χ1) is 9.45. The van der Waals surface area contributed by atoms with Crippen LogP contribution in [0.4, 0.5) is 0 Å². The third kappa shape index (κ3) is 4.59. The van der Waals surface area contributed by atoms with Gasteiger partial charge >= 0.3 is 5.97 Å². The number of carboxylic acid groups (broad SMARTS) is 1. The lowest BCUT2D eigenvalue weighted by Crippen LogP contribution is -2.31. The van der Waals surface area contributed by atoms with Crippen molar-refractivity contribution in [2.45, 2.75) is 6.92 Å². The Morgan fingerprint density at radius 2 is 2.15 bits per heavy atom. The molecule has 1 aromatic rings. The lowest BCUT2D eigenvalue weighted by molar-refractivity contribution is -0.132. The summed E-state index contributed by atoms with van der Waals surface area (Å²) in [7, 11) is 1.67. The van der Waals surface area contributed by atoms with Gasteiger partial charge in [0.1, 0.15) is 5.75 Å². The molecule has 0 atom stereocenters. The van der Waals surface area contributed by atoms with Crippen LogP contribution in [0.15, 0.2) is 24.3 Å². The summed E-state index contributed by atoms with van der Waals surface area (Å²) in [5.41, 5.74) is 0.506. The number of ether oxygens (including phenoxy) is 1. The number of amides is 1. The molecule has 0 aliphatic rings. The first-order valence-corrected chi connectivity index (χ1v) is 6.39. The monoisotopic (exact) mass is 297 g/mol. The Bertz CT molecular complexity index is 528. The van der Waals surface area contributed by atoms with E-state index in [9.17, 15) is 9.59 Å². The maximum Gasteiger partial charge on any atom is 0.328 e. The number of para-hydroxylation sites is 1. The zero-order valence-corrected chi connectivity index (χ0v) is 12.1. The Morgan fingerprint density at radius 1 is 1.45 bits per heavy atom. The summed E-state index contributed by atoms with van der Waals surface area (Å²) in [6.07, 6.45) is 2.36. The van der Waals surface area contributed by atoms with Gasteiger partial charge in [0, 0.05) is 25.2 Å². The van der Waals surface area contributed by atoms with Crippen LogP contribution in [0, 0.1) is 0 Å². The average molecular weight is 298 g/mol. The van der Waals surface area contributed by atoms with Gasteiger partial charge < -0.3 is 14.7 Å². The maximum absolute atomic E-state index is 11.7. The average Bonchev–Trinajstić information content (AvgIpc) is 2.42. The topological polar surface area (TPSA) is 66.8 Å². The van der Waals surface area contributed by atoms with E-state index in [1.807, 2.05) is 6.92 Å². The molecule has 108 valence electrons. The quantitative estimate of drug-likeness (QED) is 0.818. The number of nitrogens with zero attached hydrogens (tertiary/aromatic N) is 1. The molecule has 0 unspecified atom stereocenters. The second-order valence-corrected chi connectivity index (χ2v) is 4.43. The number of halogens is 1. The summed E-state index contributed by atoms with van der Waals surface area (Å²) in [5, 5.41) is 8.96. The molecule has 6 heteroatoms. The molecule has 1 aromatic carbocycles. The van der Waals surface area contributed by atoms with Crippen molar-refractivity contribution in [2.75, 3.05) is 20.2 Å². The molecule has 20 heavy (non-hydrogen) atoms. The van der Waals surface area contributed by atoms with Crippen LogP contribution in [0.2, 0.25) is 5.02 Å². The van der Waals surface area contributed by atoms with E-state index in [1.165, 1.54) is 11.0 Å². The highest BCUT2D eigenvalue weighted by atomic mass is 35.5. The number of carbonyl (C=O) groups is 2. The smallest absolute Gasteiger partial charge is 0.328 e. The first-order valence-electron chi connectivity index (χ1n) is 6.02. The van der Waals surface area contributed by atoms with Crippen LogP contribution in [0.3, 0.4) is 0 Å². The van der Waals surface area contributed by atoms with Crippen molar-refractivity contribution in [1.82, 2.24) is 4.90 Å². The Hall–Kier alpha value is -2.01. The van der Waals surface area contributed by atoms with E-state index in [-0.39, 0.29) is 12.5 Å². The van der Waals surface area contributed by atoms with Crippen molar-refractivity contribution in [1.29, 1.82) is 0 Å². The highest BCUT2D eigenvalue weighted by Crippen LogP contribution is 2.29. The fourth-order valence-corrected chi connectivity index (χ4v) is 1.63. The molecule has 0 bridgehead atoms. The molecule has 0 saturated carbocycles. The minimum Gasteiger partial charge on any atom is -0.482 e. The van der Waals surface area contributed by atoms with Crippen LogP contribution in [0.25, 0.3) is 6.08 Å². The summed E-state index contributed by atoms with van der Waals surface area (Å²) in [5.74, 6) is -0.956. The SMILES string of the molecule is CCN(C)C(=O)COc1c(Cl)cccc1/C=C/C(=O)O. The zero-order valence-electron chi connectivity index (χ0n) is 11.3. The summed E-state index contributed by atoms with van der Waals surface area (Å²) in [6.45, 7) is 2.28. The number of hydrogen-bond donors (Lipinski definition) is 1. The Balaban J connectivity index is 2.88. The minimum atomic E-state index is -1.07. The van der Waals surface area contributed by atoms with E-state index >= 15 is 0 Å². The molecule has 0 fully saturated rings. The van der Waals surface area contributed by atoms with Crippen LogP contribution < -0.4 is 4.74 Å². The molecule has 0 saturated heterocycles. The largest absolute Gasteiger partial charge is 0.482 e. The highest BCUT2D eigenvalue weighted by molar-refractivity contribution is 6.32. The number of benzene rings is 1. The fourth-order valence-electron chi connectivity index (χ4n) is 1.39. The van der Waals surface area contributed by atoms with Gasteiger partial charge in [0.15, 0.2) is 6.61 Å². The molecule has 1 rings (SSSR count). The van der Waals surface area contributed by atoms with E-state index < -0.39 is 5.97 Å². The molecule has 1 N–H and O–H groups in total. The first kappa shape index (κ1) is 16.0. The standard InChI is InChI=1S/C14H16ClNO4/c1-3-16(2)12(17)9-20-14-10(7-8-13(18)19)5-4-6-11(14)15/h4-8H,3,9H2,1-2H3,(H,18,19)/b8-7+. The third-order valence-corrected chi connectivity index (χ3v) is 2.94. The van der Waals surface area contributed by atoms with E-state index in [1.54, 1.807) is 25.2 Å².